The first-order valence-electron chi connectivity index (χ1n) is 9.46. The van der Waals surface area contributed by atoms with Crippen LogP contribution in [0.5, 0.6) is 0 Å². The smallest absolute Gasteiger partial charge is 0.338 e. The van der Waals surface area contributed by atoms with Gasteiger partial charge in [0.25, 0.3) is 11.5 Å². The molecular weight excluding hydrogens is 384 g/mol. The van der Waals surface area contributed by atoms with E-state index in [1.165, 1.54) is 4.40 Å². The first-order valence-corrected chi connectivity index (χ1v) is 9.46. The molecule has 0 fully saturated rings. The van der Waals surface area contributed by atoms with E-state index in [-0.39, 0.29) is 11.5 Å². The molecule has 30 heavy (non-hydrogen) atoms. The Morgan fingerprint density at radius 1 is 1.13 bits per heavy atom. The minimum Gasteiger partial charge on any atom is -0.462 e. The molecule has 0 aliphatic heterocycles. The van der Waals surface area contributed by atoms with Gasteiger partial charge in [0, 0.05) is 18.9 Å². The lowest BCUT2D eigenvalue weighted by Gasteiger charge is -2.07. The summed E-state index contributed by atoms with van der Waals surface area (Å²) >= 11 is 0. The van der Waals surface area contributed by atoms with Gasteiger partial charge in [-0.1, -0.05) is 6.07 Å². The van der Waals surface area contributed by atoms with Crippen molar-refractivity contribution in [2.75, 3.05) is 11.9 Å². The van der Waals surface area contributed by atoms with Crippen LogP contribution in [-0.2, 0) is 11.8 Å². The Morgan fingerprint density at radius 2 is 1.87 bits per heavy atom. The maximum atomic E-state index is 12.9. The van der Waals surface area contributed by atoms with Gasteiger partial charge in [-0.2, -0.15) is 0 Å². The summed E-state index contributed by atoms with van der Waals surface area (Å²) in [4.78, 5) is 42.0. The van der Waals surface area contributed by atoms with Gasteiger partial charge in [0.15, 0.2) is 0 Å². The zero-order valence-corrected chi connectivity index (χ0v) is 16.8. The highest BCUT2D eigenvalue weighted by Gasteiger charge is 2.18. The number of aromatic nitrogens is 3. The Morgan fingerprint density at radius 3 is 2.57 bits per heavy atom. The Kier molecular flexibility index (Phi) is 4.83. The molecule has 1 aromatic carbocycles. The second-order valence-electron chi connectivity index (χ2n) is 6.93. The molecule has 3 aromatic heterocycles. The minimum atomic E-state index is -0.419. The number of hydrogen-bond donors (Lipinski definition) is 1. The topological polar surface area (TPSA) is 94.7 Å². The second-order valence-corrected chi connectivity index (χ2v) is 6.93. The van der Waals surface area contributed by atoms with Crippen molar-refractivity contribution < 1.29 is 14.3 Å². The molecule has 0 spiro atoms. The van der Waals surface area contributed by atoms with E-state index in [0.717, 1.165) is 5.56 Å². The number of hydrogen-bond acceptors (Lipinski definition) is 5. The molecule has 152 valence electrons. The predicted octanol–water partition coefficient (Wildman–Crippen LogP) is 2.92. The van der Waals surface area contributed by atoms with E-state index in [1.54, 1.807) is 61.1 Å². The van der Waals surface area contributed by atoms with E-state index in [9.17, 15) is 14.4 Å². The summed E-state index contributed by atoms with van der Waals surface area (Å²) in [7, 11) is 1.69. The van der Waals surface area contributed by atoms with Crippen LogP contribution in [0.2, 0.25) is 0 Å². The van der Waals surface area contributed by atoms with E-state index in [4.69, 9.17) is 4.74 Å². The molecule has 3 heterocycles. The highest BCUT2D eigenvalue weighted by molar-refractivity contribution is 6.06. The Bertz CT molecular complexity index is 1350. The van der Waals surface area contributed by atoms with Crippen LogP contribution < -0.4 is 10.9 Å². The van der Waals surface area contributed by atoms with Crippen molar-refractivity contribution in [1.29, 1.82) is 0 Å². The van der Waals surface area contributed by atoms with E-state index >= 15 is 0 Å². The zero-order chi connectivity index (χ0) is 21.4. The van der Waals surface area contributed by atoms with E-state index in [1.807, 2.05) is 13.0 Å². The van der Waals surface area contributed by atoms with Gasteiger partial charge in [-0.05, 0) is 55.8 Å². The Hall–Kier alpha value is -3.94. The summed E-state index contributed by atoms with van der Waals surface area (Å²) in [6.07, 6.45) is 1.72. The number of nitrogens with zero attached hydrogens (tertiary/aromatic N) is 3. The summed E-state index contributed by atoms with van der Waals surface area (Å²) in [6.45, 7) is 3.93. The number of fused-ring (bicyclic) bond motifs is 2. The summed E-state index contributed by atoms with van der Waals surface area (Å²) in [5.41, 5.74) is 2.88. The molecule has 0 saturated carbocycles. The number of nitrogens with one attached hydrogen (secondary N) is 1. The molecule has 1 N–H and O–H groups in total. The van der Waals surface area contributed by atoms with Crippen molar-refractivity contribution in [3.8, 4) is 0 Å². The molecule has 0 saturated heterocycles. The Balaban J connectivity index is 1.67. The van der Waals surface area contributed by atoms with Crippen LogP contribution in [0.4, 0.5) is 5.69 Å². The molecule has 8 heteroatoms. The van der Waals surface area contributed by atoms with Crippen molar-refractivity contribution >= 4 is 34.2 Å². The van der Waals surface area contributed by atoms with Crippen molar-refractivity contribution in [2.24, 2.45) is 7.05 Å². The number of carbonyl (C=O) groups excluding carboxylic acids is 2. The van der Waals surface area contributed by atoms with Crippen molar-refractivity contribution in [3.05, 3.63) is 75.8 Å². The second kappa shape index (κ2) is 7.47. The third-order valence-corrected chi connectivity index (χ3v) is 4.83. The molecule has 0 bridgehead atoms. The quantitative estimate of drug-likeness (QED) is 0.528. The number of carbonyl (C=O) groups is 2. The third kappa shape index (κ3) is 3.32. The fourth-order valence-corrected chi connectivity index (χ4v) is 3.29. The van der Waals surface area contributed by atoms with Crippen LogP contribution in [0.1, 0.15) is 33.3 Å². The molecular formula is C22H20N4O4. The van der Waals surface area contributed by atoms with Gasteiger partial charge in [-0.25, -0.2) is 9.78 Å². The SMILES string of the molecule is CCOC(=O)c1ccc(NC(=O)c2cc3c(=O)n4cc(C)ccc4nc3n2C)cc1. The number of aryl methyl sites for hydroxylation is 2. The number of esters is 1. The standard InChI is InChI=1S/C22H20N4O4/c1-4-30-22(29)14-6-8-15(9-7-14)23-20(27)17-11-16-19(25(17)3)24-18-10-5-13(2)12-26(18)21(16)28/h5-12H,4H2,1-3H3,(H,23,27). The molecule has 0 aliphatic rings. The molecule has 4 rings (SSSR count). The van der Waals surface area contributed by atoms with Crippen LogP contribution in [0.15, 0.2) is 53.5 Å². The first kappa shape index (κ1) is 19.4. The van der Waals surface area contributed by atoms with Crippen molar-refractivity contribution in [2.45, 2.75) is 13.8 Å². The van der Waals surface area contributed by atoms with Gasteiger partial charge in [0.2, 0.25) is 0 Å². The number of anilines is 1. The highest BCUT2D eigenvalue weighted by atomic mass is 16.5. The normalized spacial score (nSPS) is 11.0. The highest BCUT2D eigenvalue weighted by Crippen LogP contribution is 2.18. The lowest BCUT2D eigenvalue weighted by molar-refractivity contribution is 0.0526. The van der Waals surface area contributed by atoms with Crippen LogP contribution in [0, 0.1) is 6.92 Å². The van der Waals surface area contributed by atoms with Gasteiger partial charge in [-0.3, -0.25) is 14.0 Å². The Labute approximate surface area is 171 Å². The monoisotopic (exact) mass is 404 g/mol. The molecule has 1 amide bonds. The summed E-state index contributed by atoms with van der Waals surface area (Å²) in [5.74, 6) is -0.804. The maximum absolute atomic E-state index is 12.9. The van der Waals surface area contributed by atoms with Crippen molar-refractivity contribution in [3.63, 3.8) is 0 Å². The van der Waals surface area contributed by atoms with Gasteiger partial charge in [-0.15, -0.1) is 0 Å². The summed E-state index contributed by atoms with van der Waals surface area (Å²) < 4.78 is 8.03. The van der Waals surface area contributed by atoms with Gasteiger partial charge in [0.1, 0.15) is 17.0 Å². The van der Waals surface area contributed by atoms with Crippen LogP contribution in [0.25, 0.3) is 16.7 Å². The zero-order valence-electron chi connectivity index (χ0n) is 16.8. The molecule has 4 aromatic rings. The largest absolute Gasteiger partial charge is 0.462 e. The number of benzene rings is 1. The van der Waals surface area contributed by atoms with Gasteiger partial charge in [0.05, 0.1) is 17.6 Å². The molecule has 8 nitrogen and oxygen atoms in total. The third-order valence-electron chi connectivity index (χ3n) is 4.83. The minimum absolute atomic E-state index is 0.230. The van der Waals surface area contributed by atoms with E-state index in [2.05, 4.69) is 10.3 Å². The van der Waals surface area contributed by atoms with Gasteiger partial charge >= 0.3 is 5.97 Å². The number of ether oxygens (including phenoxy) is 1. The molecule has 0 radical (unpaired) electrons. The fraction of sp³-hybridized carbons (Fsp3) is 0.182. The van der Waals surface area contributed by atoms with E-state index < -0.39 is 5.97 Å². The lowest BCUT2D eigenvalue weighted by atomic mass is 10.2. The predicted molar refractivity (Wildman–Crippen MR) is 113 cm³/mol. The van der Waals surface area contributed by atoms with Crippen LogP contribution >= 0.6 is 0 Å². The van der Waals surface area contributed by atoms with E-state index in [0.29, 0.717) is 40.2 Å². The number of rotatable bonds is 4. The average molecular weight is 404 g/mol. The lowest BCUT2D eigenvalue weighted by Crippen LogP contribution is -2.16. The summed E-state index contributed by atoms with van der Waals surface area (Å²) in [6, 6.07) is 11.6. The summed E-state index contributed by atoms with van der Waals surface area (Å²) in [5, 5.41) is 3.14. The first-order chi connectivity index (χ1) is 14.4. The maximum Gasteiger partial charge on any atom is 0.338 e. The molecule has 0 aliphatic carbocycles. The van der Waals surface area contributed by atoms with Gasteiger partial charge < -0.3 is 14.6 Å². The van der Waals surface area contributed by atoms with Crippen LogP contribution in [-0.4, -0.2) is 32.4 Å². The van der Waals surface area contributed by atoms with Crippen molar-refractivity contribution in [1.82, 2.24) is 14.0 Å². The number of amides is 1. The molecule has 0 atom stereocenters. The average Bonchev–Trinajstić information content (AvgIpc) is 3.06. The molecule has 0 unspecified atom stereocenters. The fourth-order valence-electron chi connectivity index (χ4n) is 3.29. The number of pyridine rings is 1. The van der Waals surface area contributed by atoms with Crippen LogP contribution in [0.3, 0.4) is 0 Å².